The molecule has 146 valence electrons. The number of hydrogen-bond donors (Lipinski definition) is 0. The molecule has 2 atom stereocenters. The molecule has 0 spiro atoms. The summed E-state index contributed by atoms with van der Waals surface area (Å²) >= 11 is 5.95. The zero-order valence-corrected chi connectivity index (χ0v) is 16.5. The van der Waals surface area contributed by atoms with E-state index in [9.17, 15) is 18.0 Å². The van der Waals surface area contributed by atoms with Gasteiger partial charge < -0.3 is 14.4 Å². The third-order valence-corrected chi connectivity index (χ3v) is 6.67. The van der Waals surface area contributed by atoms with Crippen molar-refractivity contribution in [2.45, 2.75) is 25.5 Å². The second-order valence-corrected chi connectivity index (χ2v) is 9.36. The number of amides is 1. The lowest BCUT2D eigenvalue weighted by Crippen LogP contribution is -2.44. The van der Waals surface area contributed by atoms with Crippen LogP contribution in [-0.2, 0) is 24.2 Å². The fourth-order valence-electron chi connectivity index (χ4n) is 3.10. The molecule has 0 saturated carbocycles. The van der Waals surface area contributed by atoms with Crippen molar-refractivity contribution in [1.29, 1.82) is 0 Å². The van der Waals surface area contributed by atoms with E-state index in [0.717, 1.165) is 0 Å². The van der Waals surface area contributed by atoms with Gasteiger partial charge in [0.25, 0.3) is 5.91 Å². The van der Waals surface area contributed by atoms with Gasteiger partial charge >= 0.3 is 5.97 Å². The van der Waals surface area contributed by atoms with Gasteiger partial charge in [-0.3, -0.25) is 4.79 Å². The molecule has 27 heavy (non-hydrogen) atoms. The predicted molar refractivity (Wildman–Crippen MR) is 100 cm³/mol. The quantitative estimate of drug-likeness (QED) is 0.698. The van der Waals surface area contributed by atoms with Crippen molar-refractivity contribution in [3.8, 4) is 5.75 Å². The summed E-state index contributed by atoms with van der Waals surface area (Å²) in [6.45, 7) is 1.50. The summed E-state index contributed by atoms with van der Waals surface area (Å²) < 4.78 is 34.0. The monoisotopic (exact) mass is 413 g/mol. The number of rotatable bonds is 4. The Morgan fingerprint density at radius 2 is 2.11 bits per heavy atom. The van der Waals surface area contributed by atoms with Crippen LogP contribution in [0.15, 0.2) is 23.8 Å². The summed E-state index contributed by atoms with van der Waals surface area (Å²) in [4.78, 5) is 26.2. The second-order valence-electron chi connectivity index (χ2n) is 6.69. The van der Waals surface area contributed by atoms with Crippen LogP contribution in [0.5, 0.6) is 5.75 Å². The molecule has 3 rings (SSSR count). The number of nitrogens with zero attached hydrogens (tertiary/aromatic N) is 1. The maximum Gasteiger partial charge on any atom is 0.338 e. The Morgan fingerprint density at radius 1 is 1.37 bits per heavy atom. The van der Waals surface area contributed by atoms with Crippen LogP contribution < -0.4 is 4.74 Å². The average Bonchev–Trinajstić information content (AvgIpc) is 2.99. The highest BCUT2D eigenvalue weighted by atomic mass is 35.5. The molecule has 2 unspecified atom stereocenters. The molecule has 1 aromatic carbocycles. The van der Waals surface area contributed by atoms with Gasteiger partial charge in [-0.1, -0.05) is 11.6 Å². The molecule has 1 fully saturated rings. The van der Waals surface area contributed by atoms with Crippen molar-refractivity contribution in [3.63, 3.8) is 0 Å². The summed E-state index contributed by atoms with van der Waals surface area (Å²) in [6.07, 6.45) is 0.978. The smallest absolute Gasteiger partial charge is 0.338 e. The fourth-order valence-corrected chi connectivity index (χ4v) is 5.06. The molecular weight excluding hydrogens is 394 g/mol. The van der Waals surface area contributed by atoms with Gasteiger partial charge in [0.1, 0.15) is 12.4 Å². The van der Waals surface area contributed by atoms with Crippen LogP contribution >= 0.6 is 11.6 Å². The molecule has 0 radical (unpaired) electrons. The van der Waals surface area contributed by atoms with Gasteiger partial charge in [-0.25, -0.2) is 13.2 Å². The number of carbonyl (C=O) groups is 2. The van der Waals surface area contributed by atoms with E-state index in [2.05, 4.69) is 0 Å². The van der Waals surface area contributed by atoms with Gasteiger partial charge in [-0.15, -0.1) is 0 Å². The van der Waals surface area contributed by atoms with Crippen LogP contribution in [0.2, 0.25) is 5.02 Å². The second kappa shape index (κ2) is 7.52. The van der Waals surface area contributed by atoms with Crippen molar-refractivity contribution in [3.05, 3.63) is 34.4 Å². The van der Waals surface area contributed by atoms with Crippen molar-refractivity contribution in [2.75, 3.05) is 25.2 Å². The van der Waals surface area contributed by atoms with E-state index in [1.165, 1.54) is 18.9 Å². The summed E-state index contributed by atoms with van der Waals surface area (Å²) in [5.74, 6) is -0.482. The lowest BCUT2D eigenvalue weighted by atomic mass is 10.1. The Morgan fingerprint density at radius 3 is 2.78 bits per heavy atom. The minimum absolute atomic E-state index is 0.0328. The molecule has 0 N–H and O–H groups in total. The zero-order chi connectivity index (χ0) is 19.8. The molecule has 0 bridgehead atoms. The number of fused-ring (bicyclic) bond motifs is 1. The standard InChI is InChI=1S/C18H20ClNO6S/c1-11(17(21)20(2)15-5-6-27(23,24)10-15)26-18(22)13-7-12-8-14(19)3-4-16(12)25-9-13/h3-4,7-8,11,15H,5-6,9-10H2,1-2H3. The first-order valence-corrected chi connectivity index (χ1v) is 10.7. The Labute approximate surface area is 162 Å². The largest absolute Gasteiger partial charge is 0.488 e. The number of ether oxygens (including phenoxy) is 2. The highest BCUT2D eigenvalue weighted by molar-refractivity contribution is 7.91. The van der Waals surface area contributed by atoms with Crippen molar-refractivity contribution < 1.29 is 27.5 Å². The molecule has 1 amide bonds. The van der Waals surface area contributed by atoms with E-state index in [-0.39, 0.29) is 23.7 Å². The first kappa shape index (κ1) is 19.7. The molecule has 2 heterocycles. The molecule has 1 saturated heterocycles. The van der Waals surface area contributed by atoms with Crippen LogP contribution in [0, 0.1) is 0 Å². The first-order valence-electron chi connectivity index (χ1n) is 8.47. The molecule has 9 heteroatoms. The number of hydrogen-bond acceptors (Lipinski definition) is 6. The molecular formula is C18H20ClNO6S. The van der Waals surface area contributed by atoms with E-state index in [4.69, 9.17) is 21.1 Å². The van der Waals surface area contributed by atoms with Gasteiger partial charge in [0.2, 0.25) is 0 Å². The molecule has 7 nitrogen and oxygen atoms in total. The van der Waals surface area contributed by atoms with Crippen LogP contribution in [0.25, 0.3) is 6.08 Å². The van der Waals surface area contributed by atoms with Gasteiger partial charge in [0.15, 0.2) is 15.9 Å². The fraction of sp³-hybridized carbons (Fsp3) is 0.444. The topological polar surface area (TPSA) is 90.0 Å². The van der Waals surface area contributed by atoms with E-state index >= 15 is 0 Å². The third-order valence-electron chi connectivity index (χ3n) is 4.68. The number of esters is 1. The van der Waals surface area contributed by atoms with E-state index in [1.807, 2.05) is 0 Å². The van der Waals surface area contributed by atoms with Crippen molar-refractivity contribution in [2.24, 2.45) is 0 Å². The lowest BCUT2D eigenvalue weighted by molar-refractivity contribution is -0.156. The first-order chi connectivity index (χ1) is 12.7. The molecule has 2 aliphatic rings. The van der Waals surface area contributed by atoms with E-state index in [0.29, 0.717) is 22.8 Å². The van der Waals surface area contributed by atoms with Crippen LogP contribution in [0.4, 0.5) is 0 Å². The molecule has 1 aromatic rings. The number of carbonyl (C=O) groups excluding carboxylic acids is 2. The Kier molecular flexibility index (Phi) is 5.48. The third kappa shape index (κ3) is 4.44. The average molecular weight is 414 g/mol. The van der Waals surface area contributed by atoms with Crippen LogP contribution in [-0.4, -0.2) is 62.5 Å². The summed E-state index contributed by atoms with van der Waals surface area (Å²) in [5, 5.41) is 0.514. The van der Waals surface area contributed by atoms with Crippen molar-refractivity contribution in [1.82, 2.24) is 4.90 Å². The van der Waals surface area contributed by atoms with Gasteiger partial charge in [0.05, 0.1) is 17.1 Å². The number of halogens is 1. The maximum atomic E-state index is 12.5. The summed E-state index contributed by atoms with van der Waals surface area (Å²) in [6, 6.07) is 4.69. The molecule has 0 aliphatic carbocycles. The van der Waals surface area contributed by atoms with Crippen molar-refractivity contribution >= 4 is 39.4 Å². The summed E-state index contributed by atoms with van der Waals surface area (Å²) in [7, 11) is -1.58. The Bertz CT molecular complexity index is 910. The Hall–Kier alpha value is -2.06. The number of likely N-dealkylation sites (N-methyl/N-ethyl adjacent to an activating group) is 1. The van der Waals surface area contributed by atoms with E-state index in [1.54, 1.807) is 24.3 Å². The number of benzene rings is 1. The highest BCUT2D eigenvalue weighted by Gasteiger charge is 2.35. The highest BCUT2D eigenvalue weighted by Crippen LogP contribution is 2.29. The minimum atomic E-state index is -3.11. The SMILES string of the molecule is CC(OC(=O)C1=Cc2cc(Cl)ccc2OC1)C(=O)N(C)C1CCS(=O)(=O)C1. The van der Waals surface area contributed by atoms with E-state index < -0.39 is 33.9 Å². The zero-order valence-electron chi connectivity index (χ0n) is 15.0. The lowest BCUT2D eigenvalue weighted by Gasteiger charge is -2.26. The predicted octanol–water partition coefficient (Wildman–Crippen LogP) is 1.69. The molecule has 2 aliphatic heterocycles. The van der Waals surface area contributed by atoms with Crippen LogP contribution in [0.1, 0.15) is 18.9 Å². The number of sulfone groups is 1. The Balaban J connectivity index is 1.64. The maximum absolute atomic E-state index is 12.5. The van der Waals surface area contributed by atoms with Crippen LogP contribution in [0.3, 0.4) is 0 Å². The normalized spacial score (nSPS) is 21.4. The minimum Gasteiger partial charge on any atom is -0.488 e. The molecule has 0 aromatic heterocycles. The van der Waals surface area contributed by atoms with Gasteiger partial charge in [-0.2, -0.15) is 0 Å². The van der Waals surface area contributed by atoms with Gasteiger partial charge in [0, 0.05) is 23.7 Å². The van der Waals surface area contributed by atoms with Gasteiger partial charge in [-0.05, 0) is 37.6 Å². The summed E-state index contributed by atoms with van der Waals surface area (Å²) in [5.41, 5.74) is 0.934.